The van der Waals surface area contributed by atoms with Crippen molar-refractivity contribution in [3.8, 4) is 0 Å². The van der Waals surface area contributed by atoms with E-state index >= 15 is 0 Å². The predicted molar refractivity (Wildman–Crippen MR) is 73.4 cm³/mol. The lowest BCUT2D eigenvalue weighted by molar-refractivity contribution is -0.132. The van der Waals surface area contributed by atoms with E-state index in [9.17, 15) is 9.59 Å². The fourth-order valence-electron chi connectivity index (χ4n) is 3.04. The Hall–Kier alpha value is -1.10. The SMILES string of the molecule is NC1CCCC1C(=O)NCCC(=O)N1CCCCC1. The number of likely N-dealkylation sites (tertiary alicyclic amines) is 1. The molecule has 1 aliphatic heterocycles. The van der Waals surface area contributed by atoms with Gasteiger partial charge >= 0.3 is 0 Å². The summed E-state index contributed by atoms with van der Waals surface area (Å²) in [6.45, 7) is 2.19. The molecular formula is C14H25N3O2. The Morgan fingerprint density at radius 1 is 1.11 bits per heavy atom. The second-order valence-corrected chi connectivity index (χ2v) is 5.68. The van der Waals surface area contributed by atoms with Gasteiger partial charge in [-0.05, 0) is 32.1 Å². The van der Waals surface area contributed by atoms with E-state index in [0.717, 1.165) is 45.2 Å². The molecule has 5 nitrogen and oxygen atoms in total. The largest absolute Gasteiger partial charge is 0.355 e. The minimum atomic E-state index is -0.0508. The molecule has 1 aliphatic carbocycles. The minimum Gasteiger partial charge on any atom is -0.355 e. The van der Waals surface area contributed by atoms with E-state index in [2.05, 4.69) is 5.32 Å². The molecule has 5 heteroatoms. The van der Waals surface area contributed by atoms with Gasteiger partial charge in [0.15, 0.2) is 0 Å². The molecule has 108 valence electrons. The highest BCUT2D eigenvalue weighted by Crippen LogP contribution is 2.23. The molecule has 1 heterocycles. The Morgan fingerprint density at radius 3 is 2.47 bits per heavy atom. The summed E-state index contributed by atoms with van der Waals surface area (Å²) in [5, 5.41) is 2.86. The highest BCUT2D eigenvalue weighted by Gasteiger charge is 2.30. The lowest BCUT2D eigenvalue weighted by Crippen LogP contribution is -2.41. The van der Waals surface area contributed by atoms with Crippen molar-refractivity contribution in [2.24, 2.45) is 11.7 Å². The maximum atomic E-state index is 11.9. The molecule has 2 unspecified atom stereocenters. The Bertz CT molecular complexity index is 327. The van der Waals surface area contributed by atoms with Gasteiger partial charge in [-0.25, -0.2) is 0 Å². The van der Waals surface area contributed by atoms with Crippen molar-refractivity contribution in [1.29, 1.82) is 0 Å². The molecule has 2 atom stereocenters. The van der Waals surface area contributed by atoms with Crippen molar-refractivity contribution in [1.82, 2.24) is 10.2 Å². The molecule has 0 bridgehead atoms. The van der Waals surface area contributed by atoms with E-state index in [1.807, 2.05) is 4.90 Å². The van der Waals surface area contributed by atoms with E-state index < -0.39 is 0 Å². The Morgan fingerprint density at radius 2 is 1.84 bits per heavy atom. The maximum Gasteiger partial charge on any atom is 0.224 e. The number of nitrogens with two attached hydrogens (primary N) is 1. The van der Waals surface area contributed by atoms with E-state index in [-0.39, 0.29) is 23.8 Å². The summed E-state index contributed by atoms with van der Waals surface area (Å²) >= 11 is 0. The van der Waals surface area contributed by atoms with Crippen LogP contribution in [0, 0.1) is 5.92 Å². The van der Waals surface area contributed by atoms with Crippen LogP contribution in [-0.2, 0) is 9.59 Å². The first kappa shape index (κ1) is 14.3. The first-order chi connectivity index (χ1) is 9.18. The van der Waals surface area contributed by atoms with Crippen LogP contribution in [0.3, 0.4) is 0 Å². The lowest BCUT2D eigenvalue weighted by Gasteiger charge is -2.26. The third-order valence-corrected chi connectivity index (χ3v) is 4.25. The van der Waals surface area contributed by atoms with Gasteiger partial charge in [-0.15, -0.1) is 0 Å². The normalized spacial score (nSPS) is 27.3. The average Bonchev–Trinajstić information content (AvgIpc) is 2.86. The van der Waals surface area contributed by atoms with Crippen LogP contribution in [0.4, 0.5) is 0 Å². The summed E-state index contributed by atoms with van der Waals surface area (Å²) in [4.78, 5) is 25.7. The first-order valence-electron chi connectivity index (χ1n) is 7.49. The quantitative estimate of drug-likeness (QED) is 0.784. The summed E-state index contributed by atoms with van der Waals surface area (Å²) in [6, 6.07) is -0.00204. The molecule has 2 aliphatic rings. The van der Waals surface area contributed by atoms with E-state index in [0.29, 0.717) is 13.0 Å². The van der Waals surface area contributed by atoms with Crippen molar-refractivity contribution >= 4 is 11.8 Å². The van der Waals surface area contributed by atoms with Gasteiger partial charge in [0, 0.05) is 32.1 Å². The van der Waals surface area contributed by atoms with Gasteiger partial charge < -0.3 is 16.0 Å². The fourth-order valence-corrected chi connectivity index (χ4v) is 3.04. The lowest BCUT2D eigenvalue weighted by atomic mass is 10.0. The number of hydrogen-bond donors (Lipinski definition) is 2. The molecular weight excluding hydrogens is 242 g/mol. The van der Waals surface area contributed by atoms with Crippen LogP contribution >= 0.6 is 0 Å². The van der Waals surface area contributed by atoms with Gasteiger partial charge in [-0.2, -0.15) is 0 Å². The van der Waals surface area contributed by atoms with Gasteiger partial charge in [0.25, 0.3) is 0 Å². The summed E-state index contributed by atoms with van der Waals surface area (Å²) < 4.78 is 0. The number of piperidine rings is 1. The average molecular weight is 267 g/mol. The molecule has 1 saturated heterocycles. The van der Waals surface area contributed by atoms with Crippen molar-refractivity contribution in [2.75, 3.05) is 19.6 Å². The summed E-state index contributed by atoms with van der Waals surface area (Å²) in [6.07, 6.45) is 6.70. The molecule has 0 spiro atoms. The van der Waals surface area contributed by atoms with E-state index in [4.69, 9.17) is 5.73 Å². The molecule has 0 aromatic carbocycles. The summed E-state index contributed by atoms with van der Waals surface area (Å²) in [5.74, 6) is 0.136. The monoisotopic (exact) mass is 267 g/mol. The molecule has 3 N–H and O–H groups in total. The number of nitrogens with one attached hydrogen (secondary N) is 1. The van der Waals surface area contributed by atoms with Crippen LogP contribution in [0.5, 0.6) is 0 Å². The van der Waals surface area contributed by atoms with Crippen LogP contribution in [0.1, 0.15) is 44.9 Å². The standard InChI is InChI=1S/C14H25N3O2/c15-12-6-4-5-11(12)14(19)16-8-7-13(18)17-9-2-1-3-10-17/h11-12H,1-10,15H2,(H,16,19). The topological polar surface area (TPSA) is 75.4 Å². The smallest absolute Gasteiger partial charge is 0.224 e. The molecule has 2 amide bonds. The van der Waals surface area contributed by atoms with Gasteiger partial charge in [-0.1, -0.05) is 6.42 Å². The molecule has 0 radical (unpaired) electrons. The van der Waals surface area contributed by atoms with E-state index in [1.54, 1.807) is 0 Å². The third-order valence-electron chi connectivity index (χ3n) is 4.25. The number of carbonyl (C=O) groups excluding carboxylic acids is 2. The van der Waals surface area contributed by atoms with Crippen LogP contribution < -0.4 is 11.1 Å². The number of hydrogen-bond acceptors (Lipinski definition) is 3. The number of rotatable bonds is 4. The molecule has 2 rings (SSSR count). The first-order valence-corrected chi connectivity index (χ1v) is 7.49. The van der Waals surface area contributed by atoms with Gasteiger partial charge in [0.2, 0.25) is 11.8 Å². The zero-order chi connectivity index (χ0) is 13.7. The van der Waals surface area contributed by atoms with Crippen molar-refractivity contribution in [2.45, 2.75) is 51.0 Å². The molecule has 2 fully saturated rings. The molecule has 19 heavy (non-hydrogen) atoms. The zero-order valence-corrected chi connectivity index (χ0v) is 11.6. The predicted octanol–water partition coefficient (Wildman–Crippen LogP) is 0.633. The van der Waals surface area contributed by atoms with Gasteiger partial charge in [0.1, 0.15) is 0 Å². The highest BCUT2D eigenvalue weighted by atomic mass is 16.2. The number of amides is 2. The Kier molecular flexibility index (Phi) is 5.19. The van der Waals surface area contributed by atoms with Crippen molar-refractivity contribution in [3.63, 3.8) is 0 Å². The summed E-state index contributed by atoms with van der Waals surface area (Å²) in [5.41, 5.74) is 5.89. The van der Waals surface area contributed by atoms with Gasteiger partial charge in [0.05, 0.1) is 5.92 Å². The Labute approximate surface area is 114 Å². The minimum absolute atomic E-state index is 0.00204. The molecule has 0 aromatic heterocycles. The van der Waals surface area contributed by atoms with E-state index in [1.165, 1.54) is 6.42 Å². The summed E-state index contributed by atoms with van der Waals surface area (Å²) in [7, 11) is 0. The van der Waals surface area contributed by atoms with Crippen LogP contribution in [-0.4, -0.2) is 42.4 Å². The molecule has 0 aromatic rings. The van der Waals surface area contributed by atoms with Crippen LogP contribution in [0.15, 0.2) is 0 Å². The fraction of sp³-hybridized carbons (Fsp3) is 0.857. The number of nitrogens with zero attached hydrogens (tertiary/aromatic N) is 1. The van der Waals surface area contributed by atoms with Crippen molar-refractivity contribution in [3.05, 3.63) is 0 Å². The van der Waals surface area contributed by atoms with Crippen LogP contribution in [0.25, 0.3) is 0 Å². The molecule has 1 saturated carbocycles. The van der Waals surface area contributed by atoms with Gasteiger partial charge in [-0.3, -0.25) is 9.59 Å². The highest BCUT2D eigenvalue weighted by molar-refractivity contribution is 5.81. The zero-order valence-electron chi connectivity index (χ0n) is 11.6. The second-order valence-electron chi connectivity index (χ2n) is 5.68. The number of carbonyl (C=O) groups is 2. The van der Waals surface area contributed by atoms with Crippen LogP contribution in [0.2, 0.25) is 0 Å². The third kappa shape index (κ3) is 3.93. The Balaban J connectivity index is 1.65. The maximum absolute atomic E-state index is 11.9. The second kappa shape index (κ2) is 6.89. The van der Waals surface area contributed by atoms with Crippen molar-refractivity contribution < 1.29 is 9.59 Å².